The van der Waals surface area contributed by atoms with E-state index in [1.165, 1.54) is 7.11 Å². The van der Waals surface area contributed by atoms with Crippen LogP contribution >= 0.6 is 12.2 Å². The van der Waals surface area contributed by atoms with Gasteiger partial charge in [0.25, 0.3) is 5.91 Å². The first kappa shape index (κ1) is 16.7. The topological polar surface area (TPSA) is 99.0 Å². The predicted octanol–water partition coefficient (Wildman–Crippen LogP) is 2.30. The molecule has 0 saturated heterocycles. The first-order valence-electron chi connectivity index (χ1n) is 7.46. The summed E-state index contributed by atoms with van der Waals surface area (Å²) in [6.07, 6.45) is 0. The highest BCUT2D eigenvalue weighted by Crippen LogP contribution is 2.22. The Bertz CT molecular complexity index is 1020. The van der Waals surface area contributed by atoms with Crippen molar-refractivity contribution in [2.45, 2.75) is 6.92 Å². The number of fused-ring (bicyclic) bond motifs is 1. The number of nitrogens with one attached hydrogen (secondary N) is 4. The number of para-hydroxylation sites is 1. The van der Waals surface area contributed by atoms with Gasteiger partial charge in [0.2, 0.25) is 0 Å². The number of aryl methyl sites for hydroxylation is 1. The lowest BCUT2D eigenvalue weighted by molar-refractivity contribution is 0.0974. The average Bonchev–Trinajstić information content (AvgIpc) is 2.93. The van der Waals surface area contributed by atoms with Crippen molar-refractivity contribution in [3.05, 3.63) is 58.0 Å². The first-order valence-corrected chi connectivity index (χ1v) is 7.87. The van der Waals surface area contributed by atoms with Gasteiger partial charge in [0.05, 0.1) is 23.7 Å². The number of anilines is 1. The minimum atomic E-state index is -0.367. The molecule has 128 valence electrons. The Morgan fingerprint density at radius 3 is 2.68 bits per heavy atom. The van der Waals surface area contributed by atoms with Gasteiger partial charge in [-0.25, -0.2) is 4.79 Å². The van der Waals surface area contributed by atoms with Crippen molar-refractivity contribution < 1.29 is 9.53 Å². The molecule has 3 rings (SSSR count). The summed E-state index contributed by atoms with van der Waals surface area (Å²) >= 11 is 5.19. The molecule has 0 saturated carbocycles. The molecule has 0 aliphatic carbocycles. The standard InChI is InChI=1S/C17H16N4O3S/c1-9-4-3-5-11(14(9)24-2)15(22)21-17(25)18-10-6-7-12-13(8-10)20-16(23)19-12/h3-8H,1-2H3,(H2,19,20,23)(H2,18,21,22,25). The van der Waals surface area contributed by atoms with Crippen LogP contribution in [0.1, 0.15) is 15.9 Å². The molecular formula is C17H16N4O3S. The van der Waals surface area contributed by atoms with Crippen LogP contribution in [-0.2, 0) is 0 Å². The highest BCUT2D eigenvalue weighted by Gasteiger charge is 2.15. The zero-order valence-electron chi connectivity index (χ0n) is 13.6. The van der Waals surface area contributed by atoms with Crippen LogP contribution in [0.5, 0.6) is 5.75 Å². The molecule has 0 bridgehead atoms. The second-order valence-electron chi connectivity index (χ2n) is 5.40. The van der Waals surface area contributed by atoms with Gasteiger partial charge in [-0.2, -0.15) is 0 Å². The van der Waals surface area contributed by atoms with Gasteiger partial charge in [0.15, 0.2) is 5.11 Å². The van der Waals surface area contributed by atoms with Crippen molar-refractivity contribution in [1.29, 1.82) is 0 Å². The molecule has 2 aromatic carbocycles. The summed E-state index contributed by atoms with van der Waals surface area (Å²) in [5, 5.41) is 5.68. The van der Waals surface area contributed by atoms with Gasteiger partial charge >= 0.3 is 5.69 Å². The van der Waals surface area contributed by atoms with E-state index in [2.05, 4.69) is 20.6 Å². The number of hydrogen-bond acceptors (Lipinski definition) is 4. The fourth-order valence-electron chi connectivity index (χ4n) is 2.55. The molecule has 0 aliphatic heterocycles. The Morgan fingerprint density at radius 1 is 1.16 bits per heavy atom. The summed E-state index contributed by atoms with van der Waals surface area (Å²) in [7, 11) is 1.52. The van der Waals surface area contributed by atoms with Crippen molar-refractivity contribution in [2.24, 2.45) is 0 Å². The molecule has 0 radical (unpaired) electrons. The van der Waals surface area contributed by atoms with Gasteiger partial charge in [0.1, 0.15) is 5.75 Å². The van der Waals surface area contributed by atoms with Gasteiger partial charge in [-0.05, 0) is 49.0 Å². The molecule has 25 heavy (non-hydrogen) atoms. The molecule has 1 amide bonds. The maximum atomic E-state index is 12.4. The molecule has 3 aromatic rings. The predicted molar refractivity (Wildman–Crippen MR) is 100 cm³/mol. The van der Waals surface area contributed by atoms with E-state index in [4.69, 9.17) is 17.0 Å². The lowest BCUT2D eigenvalue weighted by Crippen LogP contribution is -2.34. The van der Waals surface area contributed by atoms with E-state index in [0.717, 1.165) is 5.56 Å². The van der Waals surface area contributed by atoms with Gasteiger partial charge in [0, 0.05) is 5.69 Å². The van der Waals surface area contributed by atoms with Crippen LogP contribution in [0.3, 0.4) is 0 Å². The zero-order chi connectivity index (χ0) is 18.0. The van der Waals surface area contributed by atoms with E-state index >= 15 is 0 Å². The second-order valence-corrected chi connectivity index (χ2v) is 5.81. The molecule has 0 fully saturated rings. The maximum Gasteiger partial charge on any atom is 0.323 e. The number of carbonyl (C=O) groups is 1. The van der Waals surface area contributed by atoms with Gasteiger partial charge in [-0.15, -0.1) is 0 Å². The number of benzene rings is 2. The van der Waals surface area contributed by atoms with Crippen molar-refractivity contribution in [3.8, 4) is 5.75 Å². The third kappa shape index (κ3) is 3.53. The van der Waals surface area contributed by atoms with E-state index < -0.39 is 0 Å². The summed E-state index contributed by atoms with van der Waals surface area (Å²) in [4.78, 5) is 29.0. The molecule has 1 heterocycles. The molecule has 0 atom stereocenters. The first-order chi connectivity index (χ1) is 12.0. The van der Waals surface area contributed by atoms with Gasteiger partial charge < -0.3 is 20.0 Å². The van der Waals surface area contributed by atoms with E-state index in [0.29, 0.717) is 28.0 Å². The largest absolute Gasteiger partial charge is 0.496 e. The van der Waals surface area contributed by atoms with Gasteiger partial charge in [-0.1, -0.05) is 12.1 Å². The van der Waals surface area contributed by atoms with Gasteiger partial charge in [-0.3, -0.25) is 10.1 Å². The van der Waals surface area contributed by atoms with Crippen molar-refractivity contribution >= 4 is 40.0 Å². The van der Waals surface area contributed by atoms with Crippen molar-refractivity contribution in [1.82, 2.24) is 15.3 Å². The maximum absolute atomic E-state index is 12.4. The smallest absolute Gasteiger partial charge is 0.323 e. The molecule has 0 aliphatic rings. The minimum absolute atomic E-state index is 0.144. The van der Waals surface area contributed by atoms with E-state index in [1.807, 2.05) is 13.0 Å². The van der Waals surface area contributed by atoms with Crippen molar-refractivity contribution in [3.63, 3.8) is 0 Å². The Labute approximate surface area is 148 Å². The number of carbonyl (C=O) groups excluding carboxylic acids is 1. The number of aromatic nitrogens is 2. The molecule has 4 N–H and O–H groups in total. The number of hydrogen-bond donors (Lipinski definition) is 4. The molecule has 0 unspecified atom stereocenters. The number of H-pyrrole nitrogens is 2. The minimum Gasteiger partial charge on any atom is -0.496 e. The summed E-state index contributed by atoms with van der Waals surface area (Å²) in [6, 6.07) is 10.5. The average molecular weight is 356 g/mol. The van der Waals surface area contributed by atoms with Crippen LogP contribution in [0.2, 0.25) is 0 Å². The normalized spacial score (nSPS) is 10.5. The molecule has 1 aromatic heterocycles. The quantitative estimate of drug-likeness (QED) is 0.540. The SMILES string of the molecule is COc1c(C)cccc1C(=O)NC(=S)Nc1ccc2[nH]c(=O)[nH]c2c1. The lowest BCUT2D eigenvalue weighted by atomic mass is 10.1. The van der Waals surface area contributed by atoms with Crippen LogP contribution < -0.4 is 21.1 Å². The number of thiocarbonyl (C=S) groups is 1. The van der Waals surface area contributed by atoms with E-state index in [1.54, 1.807) is 30.3 Å². The molecule has 0 spiro atoms. The Morgan fingerprint density at radius 2 is 1.92 bits per heavy atom. The fraction of sp³-hybridized carbons (Fsp3) is 0.118. The Hall–Kier alpha value is -3.13. The molecular weight excluding hydrogens is 340 g/mol. The summed E-state index contributed by atoms with van der Waals surface area (Å²) in [5.41, 5.74) is 2.95. The van der Waals surface area contributed by atoms with Crippen LogP contribution in [0, 0.1) is 6.92 Å². The highest BCUT2D eigenvalue weighted by molar-refractivity contribution is 7.80. The number of amides is 1. The summed E-state index contributed by atoms with van der Waals surface area (Å²) < 4.78 is 5.29. The van der Waals surface area contributed by atoms with Crippen LogP contribution in [-0.4, -0.2) is 28.1 Å². The monoisotopic (exact) mass is 356 g/mol. The van der Waals surface area contributed by atoms with Crippen LogP contribution in [0.25, 0.3) is 11.0 Å². The zero-order valence-corrected chi connectivity index (χ0v) is 14.4. The van der Waals surface area contributed by atoms with Crippen LogP contribution in [0.4, 0.5) is 5.69 Å². The number of imidazole rings is 1. The summed E-state index contributed by atoms with van der Waals surface area (Å²) in [5.74, 6) is 0.142. The number of methoxy groups -OCH3 is 1. The Balaban J connectivity index is 1.74. The summed E-state index contributed by atoms with van der Waals surface area (Å²) in [6.45, 7) is 1.86. The number of rotatable bonds is 3. The van der Waals surface area contributed by atoms with E-state index in [9.17, 15) is 9.59 Å². The lowest BCUT2D eigenvalue weighted by Gasteiger charge is -2.13. The molecule has 7 nitrogen and oxygen atoms in total. The highest BCUT2D eigenvalue weighted by atomic mass is 32.1. The third-order valence-electron chi connectivity index (χ3n) is 3.66. The Kier molecular flexibility index (Phi) is 4.53. The fourth-order valence-corrected chi connectivity index (χ4v) is 2.76. The molecule has 8 heteroatoms. The van der Waals surface area contributed by atoms with E-state index in [-0.39, 0.29) is 16.7 Å². The second kappa shape index (κ2) is 6.78. The number of aromatic amines is 2. The van der Waals surface area contributed by atoms with Crippen LogP contribution in [0.15, 0.2) is 41.2 Å². The third-order valence-corrected chi connectivity index (χ3v) is 3.87. The van der Waals surface area contributed by atoms with Crippen molar-refractivity contribution in [2.75, 3.05) is 12.4 Å². The number of ether oxygens (including phenoxy) is 1.